The van der Waals surface area contributed by atoms with Gasteiger partial charge < -0.3 is 0 Å². The van der Waals surface area contributed by atoms with Crippen molar-refractivity contribution >= 4 is 32.4 Å². The molecule has 0 unspecified atom stereocenters. The Balaban J connectivity index is 1.81. The number of fused-ring (bicyclic) bond motifs is 5. The third kappa shape index (κ3) is 2.21. The van der Waals surface area contributed by atoms with Crippen molar-refractivity contribution in [2.24, 2.45) is 0 Å². The predicted molar refractivity (Wildman–Crippen MR) is 112 cm³/mol. The Morgan fingerprint density at radius 2 is 1.38 bits per heavy atom. The minimum absolute atomic E-state index is 1.08. The highest BCUT2D eigenvalue weighted by Crippen LogP contribution is 2.33. The van der Waals surface area contributed by atoms with Crippen molar-refractivity contribution in [2.45, 2.75) is 13.8 Å². The van der Waals surface area contributed by atoms with Gasteiger partial charge in [0.2, 0.25) is 0 Å². The molecule has 0 amide bonds. The Bertz CT molecular complexity index is 1280. The van der Waals surface area contributed by atoms with Crippen molar-refractivity contribution in [3.63, 3.8) is 0 Å². The summed E-state index contributed by atoms with van der Waals surface area (Å²) >= 11 is 0. The quantitative estimate of drug-likeness (QED) is 0.306. The fraction of sp³-hybridized carbons (Fsp3) is 0.0800. The summed E-state index contributed by atoms with van der Waals surface area (Å²) in [6, 6.07) is 26.1. The van der Waals surface area contributed by atoms with Crippen molar-refractivity contribution in [3.8, 4) is 11.1 Å². The first-order valence-electron chi connectivity index (χ1n) is 8.99. The monoisotopic (exact) mass is 333 g/mol. The second-order valence-corrected chi connectivity index (χ2v) is 7.01. The number of aromatic nitrogens is 1. The number of aryl methyl sites for hydroxylation is 2. The van der Waals surface area contributed by atoms with Crippen LogP contribution >= 0.6 is 0 Å². The molecule has 0 radical (unpaired) electrons. The molecule has 0 aliphatic heterocycles. The zero-order chi connectivity index (χ0) is 17.7. The molecule has 5 aromatic rings. The van der Waals surface area contributed by atoms with Crippen molar-refractivity contribution in [1.29, 1.82) is 0 Å². The Morgan fingerprint density at radius 3 is 2.23 bits per heavy atom. The standard InChI is InChI=1S/C25H19N/c1-16-6-5-7-17(2)24(16)19-11-12-22-18(14-19)10-13-23-21-9-4-3-8-20(21)15-26-25(22)23/h3-15H,1-2H3. The van der Waals surface area contributed by atoms with Crippen molar-refractivity contribution in [2.75, 3.05) is 0 Å². The highest BCUT2D eigenvalue weighted by Gasteiger charge is 2.09. The van der Waals surface area contributed by atoms with Gasteiger partial charge in [0.25, 0.3) is 0 Å². The van der Waals surface area contributed by atoms with Crippen LogP contribution in [-0.2, 0) is 0 Å². The van der Waals surface area contributed by atoms with Gasteiger partial charge in [-0.15, -0.1) is 0 Å². The average molecular weight is 333 g/mol. The van der Waals surface area contributed by atoms with Crippen LogP contribution in [0, 0.1) is 13.8 Å². The second-order valence-electron chi connectivity index (χ2n) is 7.01. The molecule has 1 heterocycles. The number of benzene rings is 4. The largest absolute Gasteiger partial charge is 0.255 e. The summed E-state index contributed by atoms with van der Waals surface area (Å²) in [5.41, 5.74) is 6.31. The normalized spacial score (nSPS) is 11.5. The summed E-state index contributed by atoms with van der Waals surface area (Å²) in [6.07, 6.45) is 1.98. The number of pyridine rings is 1. The lowest BCUT2D eigenvalue weighted by atomic mass is 9.93. The van der Waals surface area contributed by atoms with Crippen LogP contribution in [0.3, 0.4) is 0 Å². The summed E-state index contributed by atoms with van der Waals surface area (Å²) in [5.74, 6) is 0. The molecule has 0 aliphatic carbocycles. The summed E-state index contributed by atoms with van der Waals surface area (Å²) < 4.78 is 0. The Labute approximate surface area is 152 Å². The number of hydrogen-bond donors (Lipinski definition) is 0. The molecule has 0 spiro atoms. The first kappa shape index (κ1) is 15.1. The van der Waals surface area contributed by atoms with Gasteiger partial charge in [-0.05, 0) is 52.9 Å². The smallest absolute Gasteiger partial charge is 0.0786 e. The maximum atomic E-state index is 4.78. The van der Waals surface area contributed by atoms with E-state index in [-0.39, 0.29) is 0 Å². The molecule has 0 fully saturated rings. The van der Waals surface area contributed by atoms with Gasteiger partial charge in [-0.2, -0.15) is 0 Å². The fourth-order valence-corrected chi connectivity index (χ4v) is 4.08. The predicted octanol–water partition coefficient (Wildman–Crippen LogP) is 6.83. The van der Waals surface area contributed by atoms with Crippen molar-refractivity contribution < 1.29 is 0 Å². The zero-order valence-electron chi connectivity index (χ0n) is 15.0. The molecule has 0 saturated heterocycles. The van der Waals surface area contributed by atoms with Gasteiger partial charge in [-0.3, -0.25) is 4.98 Å². The molecule has 5 rings (SSSR count). The minimum atomic E-state index is 1.08. The van der Waals surface area contributed by atoms with E-state index in [4.69, 9.17) is 4.98 Å². The van der Waals surface area contributed by atoms with E-state index in [9.17, 15) is 0 Å². The van der Waals surface area contributed by atoms with E-state index in [0.717, 1.165) is 5.52 Å². The first-order valence-corrected chi connectivity index (χ1v) is 8.99. The van der Waals surface area contributed by atoms with Crippen LogP contribution in [0.2, 0.25) is 0 Å². The Hall–Kier alpha value is -3.19. The highest BCUT2D eigenvalue weighted by atomic mass is 14.7. The van der Waals surface area contributed by atoms with Gasteiger partial charge in [-0.25, -0.2) is 0 Å². The third-order valence-corrected chi connectivity index (χ3v) is 5.34. The topological polar surface area (TPSA) is 12.9 Å². The van der Waals surface area contributed by atoms with Gasteiger partial charge in [0.1, 0.15) is 0 Å². The molecule has 1 heteroatoms. The number of nitrogens with zero attached hydrogens (tertiary/aromatic N) is 1. The van der Waals surface area contributed by atoms with Crippen molar-refractivity contribution in [1.82, 2.24) is 4.98 Å². The van der Waals surface area contributed by atoms with Crippen LogP contribution < -0.4 is 0 Å². The van der Waals surface area contributed by atoms with Crippen LogP contribution in [0.5, 0.6) is 0 Å². The Kier molecular flexibility index (Phi) is 3.29. The lowest BCUT2D eigenvalue weighted by Gasteiger charge is -2.12. The SMILES string of the molecule is Cc1cccc(C)c1-c1ccc2c(ccc3c4ccccc4cnc23)c1. The maximum Gasteiger partial charge on any atom is 0.0786 e. The molecule has 1 nitrogen and oxygen atoms in total. The van der Waals surface area contributed by atoms with E-state index in [1.54, 1.807) is 0 Å². The average Bonchev–Trinajstić information content (AvgIpc) is 2.67. The minimum Gasteiger partial charge on any atom is -0.255 e. The summed E-state index contributed by atoms with van der Waals surface area (Å²) in [5, 5.41) is 6.11. The van der Waals surface area contributed by atoms with E-state index in [1.165, 1.54) is 49.2 Å². The zero-order valence-corrected chi connectivity index (χ0v) is 15.0. The summed E-state index contributed by atoms with van der Waals surface area (Å²) in [6.45, 7) is 4.36. The molecule has 1 aromatic heterocycles. The lowest BCUT2D eigenvalue weighted by molar-refractivity contribution is 1.38. The second kappa shape index (κ2) is 5.67. The molecule has 124 valence electrons. The fourth-order valence-electron chi connectivity index (χ4n) is 4.08. The molecule has 0 N–H and O–H groups in total. The third-order valence-electron chi connectivity index (χ3n) is 5.34. The van der Waals surface area contributed by atoms with Gasteiger partial charge in [0.15, 0.2) is 0 Å². The molecular formula is C25H19N. The molecule has 26 heavy (non-hydrogen) atoms. The van der Waals surface area contributed by atoms with Crippen LogP contribution in [0.25, 0.3) is 43.6 Å². The van der Waals surface area contributed by atoms with Gasteiger partial charge >= 0.3 is 0 Å². The molecule has 0 aliphatic rings. The van der Waals surface area contributed by atoms with E-state index in [0.29, 0.717) is 0 Å². The molecule has 0 bridgehead atoms. The summed E-state index contributed by atoms with van der Waals surface area (Å²) in [7, 11) is 0. The van der Waals surface area contributed by atoms with E-state index in [2.05, 4.69) is 86.6 Å². The van der Waals surface area contributed by atoms with Crippen LogP contribution in [-0.4, -0.2) is 4.98 Å². The Morgan fingerprint density at radius 1 is 0.615 bits per heavy atom. The molecule has 0 saturated carbocycles. The molecule has 0 atom stereocenters. The first-order chi connectivity index (χ1) is 12.7. The van der Waals surface area contributed by atoms with E-state index >= 15 is 0 Å². The number of rotatable bonds is 1. The van der Waals surface area contributed by atoms with E-state index < -0.39 is 0 Å². The summed E-state index contributed by atoms with van der Waals surface area (Å²) in [4.78, 5) is 4.78. The van der Waals surface area contributed by atoms with Gasteiger partial charge in [-0.1, -0.05) is 66.7 Å². The van der Waals surface area contributed by atoms with Gasteiger partial charge in [0, 0.05) is 22.4 Å². The lowest BCUT2D eigenvalue weighted by Crippen LogP contribution is -1.89. The molecular weight excluding hydrogens is 314 g/mol. The molecule has 4 aromatic carbocycles. The number of hydrogen-bond acceptors (Lipinski definition) is 1. The van der Waals surface area contributed by atoms with Crippen LogP contribution in [0.15, 0.2) is 79.0 Å². The van der Waals surface area contributed by atoms with Crippen LogP contribution in [0.1, 0.15) is 11.1 Å². The van der Waals surface area contributed by atoms with Crippen molar-refractivity contribution in [3.05, 3.63) is 90.1 Å². The van der Waals surface area contributed by atoms with E-state index in [1.807, 2.05) is 6.20 Å². The highest BCUT2D eigenvalue weighted by molar-refractivity contribution is 6.15. The van der Waals surface area contributed by atoms with Crippen LogP contribution in [0.4, 0.5) is 0 Å². The van der Waals surface area contributed by atoms with Gasteiger partial charge in [0.05, 0.1) is 5.52 Å². The maximum absolute atomic E-state index is 4.78.